The molecule has 8 rings (SSSR count). The van der Waals surface area contributed by atoms with Gasteiger partial charge in [-0.2, -0.15) is 0 Å². The molecular weight excluding hydrogens is 818 g/mol. The Balaban J connectivity index is 1.06. The highest BCUT2D eigenvalue weighted by Crippen LogP contribution is 2.41. The zero-order chi connectivity index (χ0) is 41.0. The number of carbonyl (C=O) groups excluding carboxylic acids is 3. The number of fused-ring (bicyclic) bond motifs is 6. The highest BCUT2D eigenvalue weighted by atomic mass is 35.5. The van der Waals surface area contributed by atoms with Gasteiger partial charge in [-0.1, -0.05) is 47.5 Å². The molecule has 2 amide bonds. The molecule has 2 aliphatic heterocycles. The number of halogens is 2. The van der Waals surface area contributed by atoms with E-state index in [0.29, 0.717) is 60.1 Å². The van der Waals surface area contributed by atoms with Crippen molar-refractivity contribution in [3.63, 3.8) is 0 Å². The number of methoxy groups -OCH3 is 1. The lowest BCUT2D eigenvalue weighted by molar-refractivity contribution is -0.141. The molecule has 2 aliphatic rings. The SMILES string of the molecule is COC(=O)CC1N=C(c2ccc(Cl)cc2)c2c(sc(C(=O)NBNC(=O)CC3N=C(c4ccc(Cl)cc4)c4c(sc(C)c4C)-n4c(C)nnc43)c2C)-n2c(C)nnc21. The molecule has 2 unspecified atom stereocenters. The molecule has 19 heteroatoms. The van der Waals surface area contributed by atoms with Crippen LogP contribution in [0.1, 0.15) is 96.2 Å². The first-order valence-electron chi connectivity index (χ1n) is 18.2. The molecule has 6 aromatic rings. The summed E-state index contributed by atoms with van der Waals surface area (Å²) in [6, 6.07) is 13.3. The van der Waals surface area contributed by atoms with Crippen LogP contribution in [-0.4, -0.2) is 73.4 Å². The van der Waals surface area contributed by atoms with Gasteiger partial charge in [0.25, 0.3) is 5.91 Å². The van der Waals surface area contributed by atoms with Crippen LogP contribution in [0.2, 0.25) is 10.0 Å². The van der Waals surface area contributed by atoms with Crippen LogP contribution in [0.5, 0.6) is 0 Å². The second-order valence-electron chi connectivity index (χ2n) is 13.8. The van der Waals surface area contributed by atoms with Crippen molar-refractivity contribution in [1.29, 1.82) is 0 Å². The van der Waals surface area contributed by atoms with E-state index in [9.17, 15) is 14.4 Å². The number of aromatic nitrogens is 6. The van der Waals surface area contributed by atoms with Crippen molar-refractivity contribution in [3.05, 3.63) is 125 Å². The number of esters is 1. The fourth-order valence-electron chi connectivity index (χ4n) is 7.16. The molecule has 6 heterocycles. The highest BCUT2D eigenvalue weighted by Gasteiger charge is 2.35. The number of aliphatic imine (C=N–C) groups is 2. The summed E-state index contributed by atoms with van der Waals surface area (Å²) in [6.45, 7) is 9.67. The number of hydrogen-bond acceptors (Lipinski definition) is 12. The Morgan fingerprint density at radius 3 is 1.74 bits per heavy atom. The molecule has 0 spiro atoms. The zero-order valence-electron chi connectivity index (χ0n) is 32.2. The summed E-state index contributed by atoms with van der Waals surface area (Å²) in [5.41, 5.74) is 6.31. The van der Waals surface area contributed by atoms with Gasteiger partial charge in [-0.3, -0.25) is 33.5 Å². The topological polar surface area (TPSA) is 171 Å². The second kappa shape index (κ2) is 15.7. The Morgan fingerprint density at radius 1 is 0.707 bits per heavy atom. The summed E-state index contributed by atoms with van der Waals surface area (Å²) in [5.74, 6) is 1.05. The van der Waals surface area contributed by atoms with Crippen molar-refractivity contribution >= 4 is 82.6 Å². The summed E-state index contributed by atoms with van der Waals surface area (Å²) >= 11 is 15.4. The fraction of sp³-hybridized carbons (Fsp3) is 0.256. The maximum atomic E-state index is 13.9. The quantitative estimate of drug-likeness (QED) is 0.125. The molecule has 4 aromatic heterocycles. The molecule has 2 N–H and O–H groups in total. The van der Waals surface area contributed by atoms with Crippen molar-refractivity contribution < 1.29 is 19.1 Å². The molecule has 294 valence electrons. The average Bonchev–Trinajstić information content (AvgIpc) is 3.90. The smallest absolute Gasteiger partial charge is 0.356 e. The molecule has 0 saturated heterocycles. The minimum Gasteiger partial charge on any atom is -0.469 e. The first-order chi connectivity index (χ1) is 27.8. The van der Waals surface area contributed by atoms with Gasteiger partial charge in [0.05, 0.1) is 36.3 Å². The van der Waals surface area contributed by atoms with Crippen molar-refractivity contribution in [2.24, 2.45) is 9.98 Å². The Kier molecular flexibility index (Phi) is 10.6. The monoisotopic (exact) mass is 852 g/mol. The van der Waals surface area contributed by atoms with Crippen LogP contribution in [0.4, 0.5) is 0 Å². The van der Waals surface area contributed by atoms with Gasteiger partial charge >= 0.3 is 13.5 Å². The second-order valence-corrected chi connectivity index (χ2v) is 16.9. The normalized spacial score (nSPS) is 15.4. The number of ether oxygens (including phenoxy) is 1. The Bertz CT molecular complexity index is 2700. The zero-order valence-corrected chi connectivity index (χ0v) is 35.3. The van der Waals surface area contributed by atoms with E-state index < -0.39 is 24.0 Å². The van der Waals surface area contributed by atoms with Gasteiger partial charge in [-0.15, -0.1) is 43.1 Å². The third-order valence-electron chi connectivity index (χ3n) is 10.2. The molecular formula is C39H35BCl2N10O4S2. The Morgan fingerprint density at radius 2 is 1.21 bits per heavy atom. The lowest BCUT2D eigenvalue weighted by Crippen LogP contribution is -2.41. The maximum absolute atomic E-state index is 13.9. The van der Waals surface area contributed by atoms with Crippen LogP contribution >= 0.6 is 45.9 Å². The number of benzene rings is 2. The van der Waals surface area contributed by atoms with Gasteiger partial charge in [-0.05, 0) is 70.0 Å². The summed E-state index contributed by atoms with van der Waals surface area (Å²) in [6.07, 6.45) is -0.110. The van der Waals surface area contributed by atoms with Crippen LogP contribution in [0.25, 0.3) is 10.0 Å². The van der Waals surface area contributed by atoms with E-state index in [1.807, 2.05) is 59.4 Å². The molecule has 0 saturated carbocycles. The molecule has 58 heavy (non-hydrogen) atoms. The molecule has 0 radical (unpaired) electrons. The molecule has 2 atom stereocenters. The van der Waals surface area contributed by atoms with Gasteiger partial charge in [0.15, 0.2) is 11.6 Å². The first-order valence-corrected chi connectivity index (χ1v) is 20.6. The number of rotatable bonds is 9. The van der Waals surface area contributed by atoms with E-state index >= 15 is 0 Å². The Hall–Kier alpha value is -5.49. The van der Waals surface area contributed by atoms with Crippen LogP contribution in [-0.2, 0) is 14.3 Å². The van der Waals surface area contributed by atoms with E-state index in [4.69, 9.17) is 37.9 Å². The van der Waals surface area contributed by atoms with E-state index in [1.54, 1.807) is 30.4 Å². The molecule has 0 fully saturated rings. The maximum Gasteiger partial charge on any atom is 0.356 e. The number of carbonyl (C=O) groups is 3. The van der Waals surface area contributed by atoms with Crippen molar-refractivity contribution in [2.45, 2.75) is 59.5 Å². The summed E-state index contributed by atoms with van der Waals surface area (Å²) in [4.78, 5) is 51.9. The van der Waals surface area contributed by atoms with Gasteiger partial charge in [0.1, 0.15) is 33.7 Å². The summed E-state index contributed by atoms with van der Waals surface area (Å²) in [5, 5.41) is 26.1. The van der Waals surface area contributed by atoms with E-state index in [1.165, 1.54) is 18.4 Å². The fourth-order valence-corrected chi connectivity index (χ4v) is 9.91. The summed E-state index contributed by atoms with van der Waals surface area (Å²) < 4.78 is 8.81. The minimum absolute atomic E-state index is 0.0479. The number of aryl methyl sites for hydroxylation is 3. The molecule has 2 aromatic carbocycles. The van der Waals surface area contributed by atoms with Crippen LogP contribution in [0.15, 0.2) is 58.5 Å². The molecule has 0 bridgehead atoms. The van der Waals surface area contributed by atoms with Crippen molar-refractivity contribution in [3.8, 4) is 10.0 Å². The van der Waals surface area contributed by atoms with Gasteiger partial charge in [0.2, 0.25) is 5.91 Å². The van der Waals surface area contributed by atoms with Crippen LogP contribution in [0.3, 0.4) is 0 Å². The van der Waals surface area contributed by atoms with Gasteiger partial charge < -0.3 is 15.2 Å². The van der Waals surface area contributed by atoms with Crippen molar-refractivity contribution in [2.75, 3.05) is 7.11 Å². The number of thiophene rings is 2. The summed E-state index contributed by atoms with van der Waals surface area (Å²) in [7, 11) is 1.18. The largest absolute Gasteiger partial charge is 0.469 e. The van der Waals surface area contributed by atoms with Crippen LogP contribution in [0, 0.1) is 34.6 Å². The van der Waals surface area contributed by atoms with E-state index in [0.717, 1.165) is 37.8 Å². The number of amides is 2. The minimum atomic E-state index is -0.705. The predicted molar refractivity (Wildman–Crippen MR) is 226 cm³/mol. The number of hydrogen-bond donors (Lipinski definition) is 2. The lowest BCUT2D eigenvalue weighted by Gasteiger charge is -2.13. The van der Waals surface area contributed by atoms with Crippen molar-refractivity contribution in [1.82, 2.24) is 40.0 Å². The van der Waals surface area contributed by atoms with Gasteiger partial charge in [-0.25, -0.2) is 0 Å². The molecule has 14 nitrogen and oxygen atoms in total. The third kappa shape index (κ3) is 7.05. The third-order valence-corrected chi connectivity index (χ3v) is 13.2. The highest BCUT2D eigenvalue weighted by molar-refractivity contribution is 7.17. The predicted octanol–water partition coefficient (Wildman–Crippen LogP) is 6.37. The average molecular weight is 854 g/mol. The standard InChI is InChI=1S/C39H35BCl2N10O4S2/c1-17-19(3)57-38-30(17)32(22-7-11-24(41)12-8-22)43-26(35-49-47-20(4)51(35)38)15-28(53)45-40-46-37(55)34-18(2)31-33(23-9-13-25(42)14-10-23)44-27(16-29(54)56-6)36-50-48-21(5)52(36)39(31)58-34/h7-14,26-27,40H,15-16H2,1-6H3,(H,45,53)(H,46,55). The molecule has 0 aliphatic carbocycles. The lowest BCUT2D eigenvalue weighted by atomic mass is 9.99. The first kappa shape index (κ1) is 39.3. The van der Waals surface area contributed by atoms with E-state index in [-0.39, 0.29) is 26.3 Å². The number of nitrogens with one attached hydrogen (secondary N) is 2. The van der Waals surface area contributed by atoms with E-state index in [2.05, 4.69) is 44.7 Å². The Labute approximate surface area is 351 Å². The van der Waals surface area contributed by atoms with Gasteiger partial charge in [0, 0.05) is 37.2 Å². The number of nitrogens with zero attached hydrogens (tertiary/aromatic N) is 8. The van der Waals surface area contributed by atoms with Crippen LogP contribution < -0.4 is 10.5 Å².